The molecule has 0 aliphatic carbocycles. The first kappa shape index (κ1) is 16.8. The van der Waals surface area contributed by atoms with E-state index in [1.165, 1.54) is 10.7 Å². The Bertz CT molecular complexity index is 807. The van der Waals surface area contributed by atoms with Gasteiger partial charge in [-0.2, -0.15) is 10.1 Å². The molecule has 3 rings (SSSR count). The van der Waals surface area contributed by atoms with Crippen molar-refractivity contribution in [3.8, 4) is 0 Å². The minimum absolute atomic E-state index is 0.212. The minimum atomic E-state index is -0.212. The van der Waals surface area contributed by atoms with Crippen molar-refractivity contribution in [2.45, 2.75) is 20.8 Å². The average molecular weight is 335 g/mol. The maximum absolute atomic E-state index is 12.6. The maximum atomic E-state index is 12.6. The monoisotopic (exact) mass is 335 g/mol. The molecule has 1 aliphatic heterocycles. The Labute approximate surface area is 147 Å². The van der Waals surface area contributed by atoms with Crippen LogP contribution in [0.15, 0.2) is 53.4 Å². The lowest BCUT2D eigenvalue weighted by Crippen LogP contribution is -2.23. The Hall–Kier alpha value is -3.02. The highest BCUT2D eigenvalue weighted by Crippen LogP contribution is 2.23. The zero-order valence-electron chi connectivity index (χ0n) is 14.7. The number of carbonyl (C=O) groups is 1. The van der Waals surface area contributed by atoms with E-state index in [1.807, 2.05) is 25.1 Å². The first-order valence-electron chi connectivity index (χ1n) is 8.37. The van der Waals surface area contributed by atoms with Crippen LogP contribution in [0.1, 0.15) is 26.3 Å². The van der Waals surface area contributed by atoms with Gasteiger partial charge in [-0.15, -0.1) is 0 Å². The van der Waals surface area contributed by atoms with Crippen molar-refractivity contribution in [2.75, 3.05) is 23.0 Å². The lowest BCUT2D eigenvalue weighted by Gasteiger charge is -2.20. The smallest absolute Gasteiger partial charge is 0.283 e. The fourth-order valence-corrected chi connectivity index (χ4v) is 2.76. The number of hydrazone groups is 1. The second-order valence-corrected chi connectivity index (χ2v) is 5.67. The highest BCUT2D eigenvalue weighted by molar-refractivity contribution is 6.31. The predicted octanol–water partition coefficient (Wildman–Crippen LogP) is 3.13. The maximum Gasteiger partial charge on any atom is 0.283 e. The molecular weight excluding hydrogens is 314 g/mol. The van der Waals surface area contributed by atoms with Crippen LogP contribution in [0.4, 0.5) is 11.6 Å². The summed E-state index contributed by atoms with van der Waals surface area (Å²) in [6.07, 6.45) is 5.04. The molecule has 0 saturated carbocycles. The Morgan fingerprint density at radius 2 is 1.72 bits per heavy atom. The summed E-state index contributed by atoms with van der Waals surface area (Å²) < 4.78 is 0. The van der Waals surface area contributed by atoms with E-state index in [0.717, 1.165) is 18.7 Å². The van der Waals surface area contributed by atoms with Crippen molar-refractivity contribution in [3.05, 3.63) is 53.9 Å². The topological polar surface area (TPSA) is 61.7 Å². The van der Waals surface area contributed by atoms with Crippen LogP contribution < -0.4 is 9.91 Å². The molecule has 2 aromatic rings. The third kappa shape index (κ3) is 3.42. The average Bonchev–Trinajstić information content (AvgIpc) is 2.93. The van der Waals surface area contributed by atoms with Crippen molar-refractivity contribution in [1.29, 1.82) is 0 Å². The van der Waals surface area contributed by atoms with Gasteiger partial charge in [-0.25, -0.2) is 9.97 Å². The van der Waals surface area contributed by atoms with Crippen molar-refractivity contribution in [2.24, 2.45) is 5.10 Å². The number of amides is 1. The molecular formula is C19H21N5O. The lowest BCUT2D eigenvalue weighted by molar-refractivity contribution is -0.114. The van der Waals surface area contributed by atoms with Crippen molar-refractivity contribution >= 4 is 29.3 Å². The molecule has 2 heterocycles. The lowest BCUT2D eigenvalue weighted by atomic mass is 10.1. The summed E-state index contributed by atoms with van der Waals surface area (Å²) in [5.41, 5.74) is 3.35. The number of hydrogen-bond donors (Lipinski definition) is 0. The number of carbonyl (C=O) groups excluding carboxylic acids is 1. The molecule has 6 heteroatoms. The zero-order valence-corrected chi connectivity index (χ0v) is 14.7. The van der Waals surface area contributed by atoms with Gasteiger partial charge in [-0.05, 0) is 50.6 Å². The number of aromatic nitrogens is 2. The van der Waals surface area contributed by atoms with Crippen LogP contribution in [-0.4, -0.2) is 34.7 Å². The molecule has 0 unspecified atom stereocenters. The van der Waals surface area contributed by atoms with Crippen LogP contribution in [0.5, 0.6) is 0 Å². The van der Waals surface area contributed by atoms with Gasteiger partial charge in [0, 0.05) is 31.2 Å². The van der Waals surface area contributed by atoms with E-state index in [1.54, 1.807) is 18.5 Å². The molecule has 0 bridgehead atoms. The van der Waals surface area contributed by atoms with Crippen molar-refractivity contribution in [1.82, 2.24) is 9.97 Å². The summed E-state index contributed by atoms with van der Waals surface area (Å²) in [6.45, 7) is 8.02. The molecule has 25 heavy (non-hydrogen) atoms. The minimum Gasteiger partial charge on any atom is -0.372 e. The molecule has 0 spiro atoms. The number of anilines is 2. The molecule has 0 N–H and O–H groups in total. The highest BCUT2D eigenvalue weighted by Gasteiger charge is 2.30. The van der Waals surface area contributed by atoms with Gasteiger partial charge in [0.1, 0.15) is 0 Å². The Morgan fingerprint density at radius 1 is 1.08 bits per heavy atom. The van der Waals surface area contributed by atoms with Gasteiger partial charge >= 0.3 is 0 Å². The predicted molar refractivity (Wildman–Crippen MR) is 101 cm³/mol. The van der Waals surface area contributed by atoms with Gasteiger partial charge < -0.3 is 4.90 Å². The van der Waals surface area contributed by atoms with Crippen LogP contribution in [-0.2, 0) is 4.79 Å². The van der Waals surface area contributed by atoms with Gasteiger partial charge in [0.25, 0.3) is 11.9 Å². The van der Waals surface area contributed by atoms with E-state index >= 15 is 0 Å². The van der Waals surface area contributed by atoms with Crippen LogP contribution in [0.3, 0.4) is 0 Å². The SMILES string of the molecule is CCN(CC)c1ccc(/C=C2\C(=O)N(c3ncccn3)N=C2C)cc1. The third-order valence-corrected chi connectivity index (χ3v) is 4.14. The van der Waals surface area contributed by atoms with E-state index in [9.17, 15) is 4.79 Å². The molecule has 1 aromatic carbocycles. The summed E-state index contributed by atoms with van der Waals surface area (Å²) in [5, 5.41) is 5.53. The van der Waals surface area contributed by atoms with E-state index < -0.39 is 0 Å². The van der Waals surface area contributed by atoms with E-state index in [0.29, 0.717) is 11.3 Å². The standard InChI is InChI=1S/C19H21N5O/c1-4-23(5-2)16-9-7-15(8-10-16)13-17-14(3)22-24(18(17)25)19-20-11-6-12-21-19/h6-13H,4-5H2,1-3H3/b17-13-. The quantitative estimate of drug-likeness (QED) is 0.788. The number of rotatable bonds is 5. The van der Waals surface area contributed by atoms with Crippen molar-refractivity contribution in [3.63, 3.8) is 0 Å². The number of hydrogen-bond acceptors (Lipinski definition) is 5. The molecule has 0 radical (unpaired) electrons. The van der Waals surface area contributed by atoms with Crippen LogP contribution in [0, 0.1) is 0 Å². The van der Waals surface area contributed by atoms with E-state index in [2.05, 4.69) is 45.9 Å². The summed E-state index contributed by atoms with van der Waals surface area (Å²) in [4.78, 5) is 23.1. The number of benzene rings is 1. The van der Waals surface area contributed by atoms with Crippen LogP contribution in [0.25, 0.3) is 6.08 Å². The second-order valence-electron chi connectivity index (χ2n) is 5.67. The van der Waals surface area contributed by atoms with E-state index in [4.69, 9.17) is 0 Å². The van der Waals surface area contributed by atoms with Crippen molar-refractivity contribution < 1.29 is 4.79 Å². The molecule has 0 saturated heterocycles. The number of nitrogens with zero attached hydrogens (tertiary/aromatic N) is 5. The van der Waals surface area contributed by atoms with Crippen LogP contribution in [0.2, 0.25) is 0 Å². The fourth-order valence-electron chi connectivity index (χ4n) is 2.76. The summed E-state index contributed by atoms with van der Waals surface area (Å²) >= 11 is 0. The molecule has 1 aromatic heterocycles. The Morgan fingerprint density at radius 3 is 2.32 bits per heavy atom. The van der Waals surface area contributed by atoms with Gasteiger partial charge in [0.2, 0.25) is 0 Å². The zero-order chi connectivity index (χ0) is 17.8. The fraction of sp³-hybridized carbons (Fsp3) is 0.263. The normalized spacial score (nSPS) is 15.6. The second kappa shape index (κ2) is 7.25. The molecule has 0 fully saturated rings. The molecule has 1 amide bonds. The third-order valence-electron chi connectivity index (χ3n) is 4.14. The van der Waals surface area contributed by atoms with E-state index in [-0.39, 0.29) is 11.9 Å². The first-order valence-corrected chi connectivity index (χ1v) is 8.37. The Balaban J connectivity index is 1.84. The summed E-state index contributed by atoms with van der Waals surface area (Å²) in [7, 11) is 0. The molecule has 128 valence electrons. The molecule has 1 aliphatic rings. The largest absolute Gasteiger partial charge is 0.372 e. The first-order chi connectivity index (χ1) is 12.1. The van der Waals surface area contributed by atoms with Crippen LogP contribution >= 0.6 is 0 Å². The molecule has 6 nitrogen and oxygen atoms in total. The summed E-state index contributed by atoms with van der Waals surface area (Å²) in [5.74, 6) is 0.0728. The summed E-state index contributed by atoms with van der Waals surface area (Å²) in [6, 6.07) is 9.88. The molecule has 0 atom stereocenters. The van der Waals surface area contributed by atoms with Gasteiger partial charge in [-0.3, -0.25) is 4.79 Å². The van der Waals surface area contributed by atoms with Gasteiger partial charge in [0.15, 0.2) is 0 Å². The van der Waals surface area contributed by atoms with Gasteiger partial charge in [0.05, 0.1) is 11.3 Å². The van der Waals surface area contributed by atoms with Gasteiger partial charge in [-0.1, -0.05) is 12.1 Å². The highest BCUT2D eigenvalue weighted by atomic mass is 16.2. The Kier molecular flexibility index (Phi) is 4.88.